The van der Waals surface area contributed by atoms with Crippen molar-refractivity contribution in [1.82, 2.24) is 0 Å². The number of rotatable bonds is 0. The third kappa shape index (κ3) is 3.59. The van der Waals surface area contributed by atoms with Crippen LogP contribution in [0.25, 0.3) is 21.5 Å². The molecular weight excluding hydrogens is 440 g/mol. The highest BCUT2D eigenvalue weighted by Gasteiger charge is 2.19. The zero-order valence-electron chi connectivity index (χ0n) is 19.8. The Bertz CT molecular complexity index is 1620. The van der Waals surface area contributed by atoms with E-state index in [1.807, 2.05) is 24.3 Å². The third-order valence-corrected chi connectivity index (χ3v) is 7.11. The molecule has 0 saturated heterocycles. The van der Waals surface area contributed by atoms with Crippen LogP contribution < -0.4 is 9.47 Å². The normalized spacial score (nSPS) is 12.7. The fourth-order valence-corrected chi connectivity index (χ4v) is 5.30. The molecule has 2 aliphatic heterocycles. The Morgan fingerprint density at radius 3 is 1.28 bits per heavy atom. The molecule has 0 aromatic heterocycles. The van der Waals surface area contributed by atoms with E-state index in [0.717, 1.165) is 35.8 Å². The first-order valence-corrected chi connectivity index (χ1v) is 12.4. The van der Waals surface area contributed by atoms with E-state index in [9.17, 15) is 0 Å². The Morgan fingerprint density at radius 1 is 0.361 bits per heavy atom. The van der Waals surface area contributed by atoms with Crippen LogP contribution in [-0.4, -0.2) is 0 Å². The highest BCUT2D eigenvalue weighted by atomic mass is 16.5. The molecule has 2 heteroatoms. The smallest absolute Gasteiger partial charge is 0.131 e. The Balaban J connectivity index is 0.000000122. The molecule has 0 spiro atoms. The lowest BCUT2D eigenvalue weighted by molar-refractivity contribution is 0.461. The average Bonchev–Trinajstić information content (AvgIpc) is 2.95. The van der Waals surface area contributed by atoms with Crippen molar-refractivity contribution in [3.05, 3.63) is 144 Å². The Hall–Kier alpha value is -4.56. The molecule has 6 aromatic carbocycles. The molecule has 0 atom stereocenters. The summed E-state index contributed by atoms with van der Waals surface area (Å²) >= 11 is 0. The van der Waals surface area contributed by atoms with Gasteiger partial charge in [-0.05, 0) is 56.9 Å². The number of hydrogen-bond acceptors (Lipinski definition) is 2. The molecule has 0 bridgehead atoms. The summed E-state index contributed by atoms with van der Waals surface area (Å²) in [6.45, 7) is 0. The molecule has 6 aromatic rings. The van der Waals surface area contributed by atoms with E-state index >= 15 is 0 Å². The molecule has 0 unspecified atom stereocenters. The van der Waals surface area contributed by atoms with Gasteiger partial charge in [0.05, 0.1) is 0 Å². The summed E-state index contributed by atoms with van der Waals surface area (Å²) in [7, 11) is 0. The van der Waals surface area contributed by atoms with Gasteiger partial charge in [-0.2, -0.15) is 0 Å². The molecule has 0 saturated carbocycles. The zero-order valence-corrected chi connectivity index (χ0v) is 19.8. The van der Waals surface area contributed by atoms with Crippen molar-refractivity contribution in [2.24, 2.45) is 0 Å². The van der Waals surface area contributed by atoms with Crippen LogP contribution in [0, 0.1) is 0 Å². The molecule has 172 valence electrons. The van der Waals surface area contributed by atoms with Gasteiger partial charge in [-0.25, -0.2) is 0 Å². The predicted molar refractivity (Wildman–Crippen MR) is 147 cm³/mol. The first-order valence-electron chi connectivity index (χ1n) is 12.4. The molecule has 2 heterocycles. The van der Waals surface area contributed by atoms with Crippen molar-refractivity contribution in [3.8, 4) is 23.0 Å². The lowest BCUT2D eigenvalue weighted by Gasteiger charge is -2.21. The van der Waals surface area contributed by atoms with Gasteiger partial charge in [-0.15, -0.1) is 0 Å². The lowest BCUT2D eigenvalue weighted by Crippen LogP contribution is -2.03. The van der Waals surface area contributed by atoms with Crippen LogP contribution >= 0.6 is 0 Å². The second-order valence-electron chi connectivity index (χ2n) is 9.30. The van der Waals surface area contributed by atoms with Crippen molar-refractivity contribution >= 4 is 21.5 Å². The SMILES string of the molecule is c1ccc2c(c1)Cc1c(ccc3ccccc13)O2.c1ccc2c(c1)Cc1c(ccc3ccccc13)O2. The van der Waals surface area contributed by atoms with Crippen LogP contribution in [0.4, 0.5) is 0 Å². The second kappa shape index (κ2) is 8.58. The number of hydrogen-bond donors (Lipinski definition) is 0. The van der Waals surface area contributed by atoms with E-state index in [2.05, 4.69) is 97.1 Å². The van der Waals surface area contributed by atoms with Crippen LogP contribution in [0.15, 0.2) is 121 Å². The van der Waals surface area contributed by atoms with Crippen molar-refractivity contribution < 1.29 is 9.47 Å². The first kappa shape index (κ1) is 20.8. The molecule has 0 N–H and O–H groups in total. The summed E-state index contributed by atoms with van der Waals surface area (Å²) in [5.41, 5.74) is 5.13. The second-order valence-corrected chi connectivity index (χ2v) is 9.30. The first-order chi connectivity index (χ1) is 17.8. The van der Waals surface area contributed by atoms with Crippen LogP contribution in [0.3, 0.4) is 0 Å². The molecular formula is C34H24O2. The van der Waals surface area contributed by atoms with Gasteiger partial charge in [-0.3, -0.25) is 0 Å². The molecule has 0 fully saturated rings. The van der Waals surface area contributed by atoms with Crippen molar-refractivity contribution in [3.63, 3.8) is 0 Å². The van der Waals surface area contributed by atoms with Gasteiger partial charge in [0.2, 0.25) is 0 Å². The van der Waals surface area contributed by atoms with E-state index in [1.165, 1.54) is 43.8 Å². The van der Waals surface area contributed by atoms with E-state index in [1.54, 1.807) is 0 Å². The average molecular weight is 465 g/mol. The molecule has 8 rings (SSSR count). The van der Waals surface area contributed by atoms with Gasteiger partial charge >= 0.3 is 0 Å². The van der Waals surface area contributed by atoms with Gasteiger partial charge in [0.1, 0.15) is 23.0 Å². The van der Waals surface area contributed by atoms with Crippen molar-refractivity contribution in [1.29, 1.82) is 0 Å². The number of ether oxygens (including phenoxy) is 2. The van der Waals surface area contributed by atoms with E-state index in [-0.39, 0.29) is 0 Å². The quantitative estimate of drug-likeness (QED) is 0.223. The molecule has 2 aliphatic rings. The maximum absolute atomic E-state index is 5.99. The Kier molecular flexibility index (Phi) is 4.96. The summed E-state index contributed by atoms with van der Waals surface area (Å²) in [5.74, 6) is 3.96. The highest BCUT2D eigenvalue weighted by molar-refractivity contribution is 5.89. The lowest BCUT2D eigenvalue weighted by atomic mass is 9.95. The standard InChI is InChI=1S/2C17H12O/c2*1-3-7-14-12(5-1)9-10-17-15(14)11-13-6-2-4-8-16(13)18-17/h2*1-10H,11H2. The van der Waals surface area contributed by atoms with Gasteiger partial charge in [0.25, 0.3) is 0 Å². The maximum atomic E-state index is 5.99. The summed E-state index contributed by atoms with van der Waals surface area (Å²) < 4.78 is 12.0. The topological polar surface area (TPSA) is 18.5 Å². The Labute approximate surface area is 210 Å². The molecule has 0 amide bonds. The van der Waals surface area contributed by atoms with Gasteiger partial charge in [-0.1, -0.05) is 97.1 Å². The number of benzene rings is 6. The molecule has 0 radical (unpaired) electrons. The van der Waals surface area contributed by atoms with E-state index < -0.39 is 0 Å². The largest absolute Gasteiger partial charge is 0.457 e. The summed E-state index contributed by atoms with van der Waals surface area (Å²) in [6.07, 6.45) is 1.90. The van der Waals surface area contributed by atoms with Crippen LogP contribution in [0.2, 0.25) is 0 Å². The predicted octanol–water partition coefficient (Wildman–Crippen LogP) is 9.07. The van der Waals surface area contributed by atoms with Crippen LogP contribution in [-0.2, 0) is 12.8 Å². The van der Waals surface area contributed by atoms with Gasteiger partial charge in [0, 0.05) is 24.0 Å². The molecule has 36 heavy (non-hydrogen) atoms. The van der Waals surface area contributed by atoms with Crippen molar-refractivity contribution in [2.75, 3.05) is 0 Å². The Morgan fingerprint density at radius 2 is 0.778 bits per heavy atom. The monoisotopic (exact) mass is 464 g/mol. The summed E-state index contributed by atoms with van der Waals surface area (Å²) in [5, 5.41) is 5.15. The van der Waals surface area contributed by atoms with E-state index in [4.69, 9.17) is 9.47 Å². The minimum atomic E-state index is 0.951. The number of para-hydroxylation sites is 2. The molecule has 2 nitrogen and oxygen atoms in total. The minimum Gasteiger partial charge on any atom is -0.457 e. The van der Waals surface area contributed by atoms with Crippen LogP contribution in [0.5, 0.6) is 23.0 Å². The fourth-order valence-electron chi connectivity index (χ4n) is 5.30. The summed E-state index contributed by atoms with van der Waals surface area (Å²) in [4.78, 5) is 0. The van der Waals surface area contributed by atoms with Gasteiger partial charge < -0.3 is 9.47 Å². The highest BCUT2D eigenvalue weighted by Crippen LogP contribution is 2.41. The van der Waals surface area contributed by atoms with E-state index in [0.29, 0.717) is 0 Å². The maximum Gasteiger partial charge on any atom is 0.131 e. The fraction of sp³-hybridized carbons (Fsp3) is 0.0588. The molecule has 0 aliphatic carbocycles. The summed E-state index contributed by atoms with van der Waals surface area (Å²) in [6, 6.07) is 41.9. The van der Waals surface area contributed by atoms with Gasteiger partial charge in [0.15, 0.2) is 0 Å². The van der Waals surface area contributed by atoms with Crippen molar-refractivity contribution in [2.45, 2.75) is 12.8 Å². The minimum absolute atomic E-state index is 0.951. The third-order valence-electron chi connectivity index (χ3n) is 7.11. The number of fused-ring (bicyclic) bond motifs is 8. The zero-order chi connectivity index (χ0) is 23.9. The van der Waals surface area contributed by atoms with Crippen LogP contribution in [0.1, 0.15) is 22.3 Å².